The number of nitrogens with two attached hydrogens (primary N) is 1. The van der Waals surface area contributed by atoms with Gasteiger partial charge in [-0.05, 0) is 48.1 Å². The Balaban J connectivity index is 1.71. The first-order chi connectivity index (χ1) is 12.5. The molecule has 5 heteroatoms. The Kier molecular flexibility index (Phi) is 4.32. The van der Waals surface area contributed by atoms with Crippen LogP contribution in [0.25, 0.3) is 5.57 Å². The van der Waals surface area contributed by atoms with Gasteiger partial charge < -0.3 is 10.6 Å². The van der Waals surface area contributed by atoms with E-state index in [2.05, 4.69) is 0 Å². The van der Waals surface area contributed by atoms with E-state index in [1.807, 2.05) is 36.4 Å². The fourth-order valence-electron chi connectivity index (χ4n) is 3.52. The third-order valence-electron chi connectivity index (χ3n) is 5.15. The number of nitrogens with zero attached hydrogens (tertiary/aromatic N) is 1. The number of hydrogen-bond acceptors (Lipinski definition) is 2. The van der Waals surface area contributed by atoms with Crippen molar-refractivity contribution in [1.29, 1.82) is 0 Å². The molecule has 0 spiro atoms. The van der Waals surface area contributed by atoms with E-state index in [-0.39, 0.29) is 30.0 Å². The highest BCUT2D eigenvalue weighted by Crippen LogP contribution is 2.38. The molecule has 2 aromatic carbocycles. The molecule has 2 N–H and O–H groups in total. The van der Waals surface area contributed by atoms with Crippen molar-refractivity contribution in [1.82, 2.24) is 4.90 Å². The lowest BCUT2D eigenvalue weighted by molar-refractivity contribution is -0.133. The molecule has 1 unspecified atom stereocenters. The van der Waals surface area contributed by atoms with Crippen molar-refractivity contribution < 1.29 is 13.6 Å². The van der Waals surface area contributed by atoms with Crippen molar-refractivity contribution in [2.45, 2.75) is 24.9 Å². The molecule has 0 aromatic heterocycles. The van der Waals surface area contributed by atoms with Crippen molar-refractivity contribution >= 4 is 11.5 Å². The SMILES string of the molecule is NC(C(=O)N1CC(c2cc(F)ccc2F)=C[C@H]1c1ccccc1)C1CC1. The van der Waals surface area contributed by atoms with Crippen molar-refractivity contribution in [3.63, 3.8) is 0 Å². The van der Waals surface area contributed by atoms with E-state index in [1.165, 1.54) is 6.07 Å². The van der Waals surface area contributed by atoms with Gasteiger partial charge in [-0.3, -0.25) is 4.79 Å². The molecular weight excluding hydrogens is 334 g/mol. The van der Waals surface area contributed by atoms with Gasteiger partial charge in [0.05, 0.1) is 12.1 Å². The zero-order valence-electron chi connectivity index (χ0n) is 14.2. The number of carbonyl (C=O) groups is 1. The smallest absolute Gasteiger partial charge is 0.240 e. The average molecular weight is 354 g/mol. The van der Waals surface area contributed by atoms with Gasteiger partial charge in [-0.25, -0.2) is 8.78 Å². The molecule has 1 fully saturated rings. The largest absolute Gasteiger partial charge is 0.326 e. The van der Waals surface area contributed by atoms with Gasteiger partial charge in [0.1, 0.15) is 11.6 Å². The van der Waals surface area contributed by atoms with Gasteiger partial charge in [0.25, 0.3) is 0 Å². The lowest BCUT2D eigenvalue weighted by atomic mass is 10.0. The van der Waals surface area contributed by atoms with Crippen molar-refractivity contribution in [2.75, 3.05) is 6.54 Å². The highest BCUT2D eigenvalue weighted by molar-refractivity contribution is 5.87. The molecular formula is C21H20F2N2O. The van der Waals surface area contributed by atoms with Crippen LogP contribution in [0.3, 0.4) is 0 Å². The normalized spacial score (nSPS) is 20.8. The molecule has 4 rings (SSSR count). The van der Waals surface area contributed by atoms with Gasteiger partial charge in [-0.1, -0.05) is 36.4 Å². The van der Waals surface area contributed by atoms with E-state index in [9.17, 15) is 13.6 Å². The molecule has 2 atom stereocenters. The lowest BCUT2D eigenvalue weighted by Crippen LogP contribution is -2.45. The molecule has 1 heterocycles. The molecule has 0 saturated heterocycles. The summed E-state index contributed by atoms with van der Waals surface area (Å²) in [5.74, 6) is -0.901. The molecule has 26 heavy (non-hydrogen) atoms. The lowest BCUT2D eigenvalue weighted by Gasteiger charge is -2.28. The summed E-state index contributed by atoms with van der Waals surface area (Å²) in [5.41, 5.74) is 7.86. The van der Waals surface area contributed by atoms with Crippen LogP contribution >= 0.6 is 0 Å². The third-order valence-corrected chi connectivity index (χ3v) is 5.15. The van der Waals surface area contributed by atoms with Crippen LogP contribution in [0.4, 0.5) is 8.78 Å². The molecule has 3 nitrogen and oxygen atoms in total. The van der Waals surface area contributed by atoms with E-state index in [4.69, 9.17) is 5.73 Å². The molecule has 1 amide bonds. The Hall–Kier alpha value is -2.53. The number of halogens is 2. The van der Waals surface area contributed by atoms with Crippen molar-refractivity contribution in [2.24, 2.45) is 11.7 Å². The quantitative estimate of drug-likeness (QED) is 0.911. The molecule has 2 aliphatic rings. The highest BCUT2D eigenvalue weighted by Gasteiger charge is 2.40. The number of hydrogen-bond donors (Lipinski definition) is 1. The number of carbonyl (C=O) groups excluding carboxylic acids is 1. The zero-order valence-corrected chi connectivity index (χ0v) is 14.2. The summed E-state index contributed by atoms with van der Waals surface area (Å²) in [6.07, 6.45) is 3.77. The van der Waals surface area contributed by atoms with Crippen molar-refractivity contribution in [3.05, 3.63) is 77.4 Å². The zero-order chi connectivity index (χ0) is 18.3. The first-order valence-corrected chi connectivity index (χ1v) is 8.81. The predicted octanol–water partition coefficient (Wildman–Crippen LogP) is 3.67. The van der Waals surface area contributed by atoms with Crippen LogP contribution in [-0.4, -0.2) is 23.4 Å². The number of benzene rings is 2. The Morgan fingerprint density at radius 1 is 1.12 bits per heavy atom. The summed E-state index contributed by atoms with van der Waals surface area (Å²) in [4.78, 5) is 14.6. The Labute approximate surface area is 151 Å². The van der Waals surface area contributed by atoms with Crippen LogP contribution in [0.15, 0.2) is 54.6 Å². The van der Waals surface area contributed by atoms with Gasteiger partial charge in [0.15, 0.2) is 0 Å². The standard InChI is InChI=1S/C21H20F2N2O/c22-16-8-9-18(23)17(11-16)15-10-19(13-4-2-1-3-5-13)25(12-15)21(26)20(24)14-6-7-14/h1-5,8-11,14,19-20H,6-7,12,24H2/t19-,20?/m0/s1. The van der Waals surface area contributed by atoms with E-state index in [0.717, 1.165) is 30.5 Å². The molecule has 134 valence electrons. The van der Waals surface area contributed by atoms with Gasteiger partial charge in [-0.15, -0.1) is 0 Å². The average Bonchev–Trinajstić information content (AvgIpc) is 3.41. The first kappa shape index (κ1) is 16.9. The summed E-state index contributed by atoms with van der Waals surface area (Å²) in [6, 6.07) is 12.1. The molecule has 0 bridgehead atoms. The monoisotopic (exact) mass is 354 g/mol. The van der Waals surface area contributed by atoms with Crippen LogP contribution in [0.5, 0.6) is 0 Å². The Bertz CT molecular complexity index is 862. The van der Waals surface area contributed by atoms with E-state index < -0.39 is 17.7 Å². The topological polar surface area (TPSA) is 46.3 Å². The van der Waals surface area contributed by atoms with Crippen LogP contribution < -0.4 is 5.73 Å². The minimum absolute atomic E-state index is 0.135. The molecule has 1 aliphatic carbocycles. The van der Waals surface area contributed by atoms with Crippen LogP contribution in [-0.2, 0) is 4.79 Å². The van der Waals surface area contributed by atoms with Crippen LogP contribution in [0.2, 0.25) is 0 Å². The fraction of sp³-hybridized carbons (Fsp3) is 0.286. The second-order valence-corrected chi connectivity index (χ2v) is 7.00. The molecule has 2 aromatic rings. The van der Waals surface area contributed by atoms with Gasteiger partial charge in [0.2, 0.25) is 5.91 Å². The Morgan fingerprint density at radius 3 is 2.54 bits per heavy atom. The second-order valence-electron chi connectivity index (χ2n) is 7.00. The van der Waals surface area contributed by atoms with E-state index in [0.29, 0.717) is 5.57 Å². The second kappa shape index (κ2) is 6.65. The first-order valence-electron chi connectivity index (χ1n) is 8.81. The van der Waals surface area contributed by atoms with Gasteiger partial charge in [-0.2, -0.15) is 0 Å². The molecule has 1 saturated carbocycles. The predicted molar refractivity (Wildman–Crippen MR) is 95.9 cm³/mol. The van der Waals surface area contributed by atoms with E-state index in [1.54, 1.807) is 4.90 Å². The maximum atomic E-state index is 14.2. The summed E-state index contributed by atoms with van der Waals surface area (Å²) < 4.78 is 27.9. The summed E-state index contributed by atoms with van der Waals surface area (Å²) in [5, 5.41) is 0. The fourth-order valence-corrected chi connectivity index (χ4v) is 3.52. The Morgan fingerprint density at radius 2 is 1.85 bits per heavy atom. The molecule has 1 aliphatic heterocycles. The minimum Gasteiger partial charge on any atom is -0.326 e. The van der Waals surface area contributed by atoms with Crippen molar-refractivity contribution in [3.8, 4) is 0 Å². The van der Waals surface area contributed by atoms with Crippen LogP contribution in [0, 0.1) is 17.6 Å². The van der Waals surface area contributed by atoms with E-state index >= 15 is 0 Å². The van der Waals surface area contributed by atoms with Gasteiger partial charge >= 0.3 is 0 Å². The maximum absolute atomic E-state index is 14.2. The minimum atomic E-state index is -0.536. The van der Waals surface area contributed by atoms with Crippen LogP contribution in [0.1, 0.15) is 30.0 Å². The number of rotatable bonds is 4. The molecule has 0 radical (unpaired) electrons. The third kappa shape index (κ3) is 3.15. The highest BCUT2D eigenvalue weighted by atomic mass is 19.1. The van der Waals surface area contributed by atoms with Gasteiger partial charge in [0, 0.05) is 12.1 Å². The maximum Gasteiger partial charge on any atom is 0.240 e. The summed E-state index contributed by atoms with van der Waals surface area (Å²) >= 11 is 0. The number of amides is 1. The summed E-state index contributed by atoms with van der Waals surface area (Å²) in [6.45, 7) is 0.221. The summed E-state index contributed by atoms with van der Waals surface area (Å²) in [7, 11) is 0.